The second-order valence-corrected chi connectivity index (χ2v) is 9.29. The monoisotopic (exact) mass is 340 g/mol. The smallest absolute Gasteiger partial charge is 0.0540 e. The van der Waals surface area contributed by atoms with E-state index in [2.05, 4.69) is 27.7 Å². The molecule has 144 valence electrons. The summed E-state index contributed by atoms with van der Waals surface area (Å²) in [7, 11) is 0. The Kier molecular flexibility index (Phi) is 11.3. The van der Waals surface area contributed by atoms with Crippen LogP contribution in [-0.4, -0.2) is 22.4 Å². The van der Waals surface area contributed by atoms with E-state index in [1.165, 1.54) is 51.4 Å². The minimum absolute atomic E-state index is 0.0142. The predicted octanol–water partition coefficient (Wildman–Crippen LogP) is 5.95. The second-order valence-electron chi connectivity index (χ2n) is 9.29. The molecule has 0 spiro atoms. The van der Waals surface area contributed by atoms with Gasteiger partial charge in [0.1, 0.15) is 0 Å². The van der Waals surface area contributed by atoms with Gasteiger partial charge in [0.15, 0.2) is 0 Å². The van der Waals surface area contributed by atoms with Gasteiger partial charge in [-0.25, -0.2) is 0 Å². The summed E-state index contributed by atoms with van der Waals surface area (Å²) in [6, 6.07) is 0. The maximum absolute atomic E-state index is 9.30. The number of rotatable bonds is 6. The zero-order valence-electron chi connectivity index (χ0n) is 16.8. The van der Waals surface area contributed by atoms with E-state index in [0.717, 1.165) is 49.4 Å². The van der Waals surface area contributed by atoms with Gasteiger partial charge in [0, 0.05) is 0 Å². The van der Waals surface area contributed by atoms with E-state index in [1.807, 2.05) is 0 Å². The van der Waals surface area contributed by atoms with Gasteiger partial charge >= 0.3 is 0 Å². The fourth-order valence-electron chi connectivity index (χ4n) is 4.01. The molecule has 0 aromatic carbocycles. The first-order valence-electron chi connectivity index (χ1n) is 10.7. The van der Waals surface area contributed by atoms with Crippen molar-refractivity contribution < 1.29 is 10.2 Å². The Balaban J connectivity index is 0.000000240. The number of hydrogen-bond donors (Lipinski definition) is 2. The molecule has 2 heteroatoms. The van der Waals surface area contributed by atoms with Crippen molar-refractivity contribution >= 4 is 0 Å². The summed E-state index contributed by atoms with van der Waals surface area (Å²) in [6.45, 7) is 9.16. The van der Waals surface area contributed by atoms with E-state index >= 15 is 0 Å². The van der Waals surface area contributed by atoms with Gasteiger partial charge in [0.25, 0.3) is 0 Å². The highest BCUT2D eigenvalue weighted by atomic mass is 16.3. The molecule has 0 amide bonds. The normalized spacial score (nSPS) is 31.0. The lowest BCUT2D eigenvalue weighted by Gasteiger charge is -2.25. The summed E-state index contributed by atoms with van der Waals surface area (Å²) in [6.07, 6.45) is 14.7. The van der Waals surface area contributed by atoms with Crippen LogP contribution in [0.15, 0.2) is 0 Å². The van der Waals surface area contributed by atoms with Gasteiger partial charge in [-0.2, -0.15) is 0 Å². The molecule has 2 aliphatic rings. The summed E-state index contributed by atoms with van der Waals surface area (Å²) in [5.74, 6) is 3.51. The molecule has 2 rings (SSSR count). The van der Waals surface area contributed by atoms with Gasteiger partial charge in [-0.3, -0.25) is 0 Å². The Labute approximate surface area is 151 Å². The van der Waals surface area contributed by atoms with Gasteiger partial charge in [-0.1, -0.05) is 53.4 Å². The number of aliphatic hydroxyl groups is 2. The van der Waals surface area contributed by atoms with Gasteiger partial charge in [0.05, 0.1) is 12.2 Å². The number of hydrogen-bond acceptors (Lipinski definition) is 2. The van der Waals surface area contributed by atoms with Crippen molar-refractivity contribution in [1.82, 2.24) is 0 Å². The maximum atomic E-state index is 9.30. The zero-order chi connectivity index (χ0) is 17.9. The van der Waals surface area contributed by atoms with E-state index in [4.69, 9.17) is 0 Å². The summed E-state index contributed by atoms with van der Waals surface area (Å²) in [4.78, 5) is 0. The lowest BCUT2D eigenvalue weighted by Crippen LogP contribution is -2.18. The zero-order valence-corrected chi connectivity index (χ0v) is 16.8. The number of aliphatic hydroxyl groups excluding tert-OH is 2. The predicted molar refractivity (Wildman–Crippen MR) is 104 cm³/mol. The molecule has 24 heavy (non-hydrogen) atoms. The molecule has 0 heterocycles. The maximum Gasteiger partial charge on any atom is 0.0540 e. The molecule has 0 aromatic heterocycles. The fourth-order valence-corrected chi connectivity index (χ4v) is 4.01. The van der Waals surface area contributed by atoms with Crippen molar-refractivity contribution in [1.29, 1.82) is 0 Å². The van der Waals surface area contributed by atoms with Crippen molar-refractivity contribution in [3.8, 4) is 0 Å². The quantitative estimate of drug-likeness (QED) is 0.627. The summed E-state index contributed by atoms with van der Waals surface area (Å²) in [5.41, 5.74) is 0. The lowest BCUT2D eigenvalue weighted by molar-refractivity contribution is 0.105. The van der Waals surface area contributed by atoms with Crippen molar-refractivity contribution in [2.24, 2.45) is 23.7 Å². The van der Waals surface area contributed by atoms with Gasteiger partial charge in [-0.05, 0) is 75.0 Å². The van der Waals surface area contributed by atoms with Gasteiger partial charge < -0.3 is 10.2 Å². The summed E-state index contributed by atoms with van der Waals surface area (Å²) in [5, 5.41) is 18.6. The molecular formula is C22H44O2. The van der Waals surface area contributed by atoms with Crippen LogP contribution in [0.1, 0.15) is 105 Å². The molecule has 0 aromatic rings. The minimum atomic E-state index is 0.0142. The standard InChI is InChI=1S/2C11H22O/c2*1-9(2)3-4-10-5-7-11(12)8-6-10/h2*9-12H,3-8H2,1-2H3. The van der Waals surface area contributed by atoms with Crippen LogP contribution < -0.4 is 0 Å². The molecule has 0 atom stereocenters. The molecule has 0 unspecified atom stereocenters. The minimum Gasteiger partial charge on any atom is -0.393 e. The van der Waals surface area contributed by atoms with Gasteiger partial charge in [-0.15, -0.1) is 0 Å². The van der Waals surface area contributed by atoms with Crippen molar-refractivity contribution in [3.05, 3.63) is 0 Å². The summed E-state index contributed by atoms with van der Waals surface area (Å²) >= 11 is 0. The lowest BCUT2D eigenvalue weighted by atomic mass is 9.83. The highest BCUT2D eigenvalue weighted by Crippen LogP contribution is 2.29. The topological polar surface area (TPSA) is 40.5 Å². The van der Waals surface area contributed by atoms with E-state index < -0.39 is 0 Å². The fraction of sp³-hybridized carbons (Fsp3) is 1.00. The van der Waals surface area contributed by atoms with Crippen LogP contribution in [-0.2, 0) is 0 Å². The van der Waals surface area contributed by atoms with E-state index in [9.17, 15) is 10.2 Å². The van der Waals surface area contributed by atoms with E-state index in [-0.39, 0.29) is 12.2 Å². The van der Waals surface area contributed by atoms with Crippen LogP contribution in [0.25, 0.3) is 0 Å². The Morgan fingerprint density at radius 1 is 0.583 bits per heavy atom. The third kappa shape index (κ3) is 10.7. The van der Waals surface area contributed by atoms with Crippen molar-refractivity contribution in [2.45, 2.75) is 117 Å². The highest BCUT2D eigenvalue weighted by molar-refractivity contribution is 4.72. The highest BCUT2D eigenvalue weighted by Gasteiger charge is 2.19. The van der Waals surface area contributed by atoms with Crippen LogP contribution in [0.4, 0.5) is 0 Å². The molecule has 0 radical (unpaired) electrons. The van der Waals surface area contributed by atoms with E-state index in [1.54, 1.807) is 0 Å². The van der Waals surface area contributed by atoms with Crippen LogP contribution in [0, 0.1) is 23.7 Å². The molecular weight excluding hydrogens is 296 g/mol. The molecule has 2 fully saturated rings. The molecule has 0 saturated heterocycles. The molecule has 2 saturated carbocycles. The Hall–Kier alpha value is -0.0800. The molecule has 2 N–H and O–H groups in total. The van der Waals surface area contributed by atoms with Crippen LogP contribution >= 0.6 is 0 Å². The average Bonchev–Trinajstić information content (AvgIpc) is 2.54. The largest absolute Gasteiger partial charge is 0.393 e. The third-order valence-corrected chi connectivity index (χ3v) is 5.94. The molecule has 2 nitrogen and oxygen atoms in total. The first-order valence-corrected chi connectivity index (χ1v) is 10.7. The second kappa shape index (κ2) is 12.3. The van der Waals surface area contributed by atoms with Crippen molar-refractivity contribution in [3.63, 3.8) is 0 Å². The first-order chi connectivity index (χ1) is 11.4. The van der Waals surface area contributed by atoms with Gasteiger partial charge in [0.2, 0.25) is 0 Å². The van der Waals surface area contributed by atoms with Crippen LogP contribution in [0.3, 0.4) is 0 Å². The van der Waals surface area contributed by atoms with Crippen molar-refractivity contribution in [2.75, 3.05) is 0 Å². The van der Waals surface area contributed by atoms with Crippen LogP contribution in [0.5, 0.6) is 0 Å². The SMILES string of the molecule is CC(C)CCC1CCC(O)CC1.CC(C)CCC1CCC(O)CC1. The molecule has 0 bridgehead atoms. The first kappa shape index (κ1) is 22.0. The van der Waals surface area contributed by atoms with E-state index in [0.29, 0.717) is 0 Å². The molecule has 0 aliphatic heterocycles. The third-order valence-electron chi connectivity index (χ3n) is 5.94. The Morgan fingerprint density at radius 2 is 0.875 bits per heavy atom. The Bertz CT molecular complexity index is 254. The van der Waals surface area contributed by atoms with Crippen LogP contribution in [0.2, 0.25) is 0 Å². The summed E-state index contributed by atoms with van der Waals surface area (Å²) < 4.78 is 0. The molecule has 2 aliphatic carbocycles. The Morgan fingerprint density at radius 3 is 1.12 bits per heavy atom. The average molecular weight is 341 g/mol.